The van der Waals surface area contributed by atoms with Crippen LogP contribution in [0.15, 0.2) is 42.6 Å². The zero-order valence-corrected chi connectivity index (χ0v) is 12.5. The molecule has 3 rings (SSSR count). The van der Waals surface area contributed by atoms with E-state index >= 15 is 0 Å². The highest BCUT2D eigenvalue weighted by atomic mass is 35.5. The Bertz CT molecular complexity index is 836. The van der Waals surface area contributed by atoms with Gasteiger partial charge in [-0.15, -0.1) is 0 Å². The van der Waals surface area contributed by atoms with Crippen LogP contribution in [0.25, 0.3) is 10.9 Å². The first kappa shape index (κ1) is 13.7. The molecule has 1 aromatic heterocycles. The molecule has 0 unspecified atom stereocenters. The van der Waals surface area contributed by atoms with Gasteiger partial charge in [-0.05, 0) is 36.8 Å². The maximum absolute atomic E-state index is 12.8. The van der Waals surface area contributed by atoms with E-state index in [0.717, 1.165) is 16.5 Å². The first-order chi connectivity index (χ1) is 10.1. The monoisotopic (exact) mass is 299 g/mol. The summed E-state index contributed by atoms with van der Waals surface area (Å²) in [6.45, 7) is 1.94. The molecule has 0 atom stereocenters. The summed E-state index contributed by atoms with van der Waals surface area (Å²) in [7, 11) is 1.59. The van der Waals surface area contributed by atoms with Gasteiger partial charge in [0.15, 0.2) is 5.78 Å². The summed E-state index contributed by atoms with van der Waals surface area (Å²) in [5, 5.41) is 1.24. The van der Waals surface area contributed by atoms with Crippen LogP contribution in [0.1, 0.15) is 21.5 Å². The van der Waals surface area contributed by atoms with Crippen molar-refractivity contribution in [1.29, 1.82) is 0 Å². The predicted octanol–water partition coefficient (Wildman–Crippen LogP) is 4.37. The normalized spacial score (nSPS) is 10.8. The lowest BCUT2D eigenvalue weighted by molar-refractivity contribution is 0.104. The van der Waals surface area contributed by atoms with E-state index in [1.54, 1.807) is 25.4 Å². The van der Waals surface area contributed by atoms with Gasteiger partial charge in [0.2, 0.25) is 0 Å². The molecule has 4 heteroatoms. The Balaban J connectivity index is 2.18. The zero-order valence-electron chi connectivity index (χ0n) is 11.7. The molecule has 0 saturated carbocycles. The third kappa shape index (κ3) is 2.30. The van der Waals surface area contributed by atoms with Crippen molar-refractivity contribution in [2.75, 3.05) is 7.11 Å². The van der Waals surface area contributed by atoms with Gasteiger partial charge in [-0.3, -0.25) is 4.79 Å². The first-order valence-corrected chi connectivity index (χ1v) is 6.94. The average Bonchev–Trinajstić information content (AvgIpc) is 2.90. The highest BCUT2D eigenvalue weighted by Crippen LogP contribution is 2.31. The summed E-state index contributed by atoms with van der Waals surface area (Å²) >= 11 is 6.20. The van der Waals surface area contributed by atoms with Crippen molar-refractivity contribution in [2.45, 2.75) is 6.92 Å². The fourth-order valence-corrected chi connectivity index (χ4v) is 2.77. The van der Waals surface area contributed by atoms with E-state index in [9.17, 15) is 4.79 Å². The molecule has 0 amide bonds. The number of nitrogens with one attached hydrogen (secondary N) is 1. The Morgan fingerprint density at radius 1 is 1.19 bits per heavy atom. The van der Waals surface area contributed by atoms with E-state index in [-0.39, 0.29) is 5.78 Å². The quantitative estimate of drug-likeness (QED) is 0.730. The maximum Gasteiger partial charge on any atom is 0.196 e. The molecule has 0 fully saturated rings. The predicted molar refractivity (Wildman–Crippen MR) is 84.5 cm³/mol. The number of halogens is 1. The summed E-state index contributed by atoms with van der Waals surface area (Å²) in [5.74, 6) is 0.552. The number of hydrogen-bond donors (Lipinski definition) is 1. The Kier molecular flexibility index (Phi) is 3.43. The summed E-state index contributed by atoms with van der Waals surface area (Å²) in [5.41, 5.74) is 2.94. The minimum Gasteiger partial charge on any atom is -0.496 e. The molecule has 2 aromatic carbocycles. The Morgan fingerprint density at radius 3 is 2.71 bits per heavy atom. The van der Waals surface area contributed by atoms with Crippen molar-refractivity contribution < 1.29 is 9.53 Å². The van der Waals surface area contributed by atoms with Crippen LogP contribution < -0.4 is 4.74 Å². The van der Waals surface area contributed by atoms with Crippen LogP contribution in [0, 0.1) is 6.92 Å². The minimum atomic E-state index is -0.115. The molecular weight excluding hydrogens is 286 g/mol. The van der Waals surface area contributed by atoms with Crippen molar-refractivity contribution >= 4 is 28.3 Å². The van der Waals surface area contributed by atoms with Crippen molar-refractivity contribution in [3.05, 3.63) is 64.3 Å². The van der Waals surface area contributed by atoms with Gasteiger partial charge >= 0.3 is 0 Å². The zero-order chi connectivity index (χ0) is 15.0. The summed E-state index contributed by atoms with van der Waals surface area (Å²) < 4.78 is 5.36. The van der Waals surface area contributed by atoms with Crippen LogP contribution in [-0.2, 0) is 0 Å². The minimum absolute atomic E-state index is 0.115. The van der Waals surface area contributed by atoms with Gasteiger partial charge in [0.1, 0.15) is 5.75 Å². The third-order valence-electron chi connectivity index (χ3n) is 3.50. The smallest absolute Gasteiger partial charge is 0.196 e. The molecule has 0 aliphatic rings. The Labute approximate surface area is 127 Å². The molecule has 106 valence electrons. The number of methoxy groups -OCH3 is 1. The number of carbonyl (C=O) groups excluding carboxylic acids is 1. The van der Waals surface area contributed by atoms with Gasteiger partial charge in [0.25, 0.3) is 0 Å². The van der Waals surface area contributed by atoms with Crippen LogP contribution in [0.5, 0.6) is 5.75 Å². The Morgan fingerprint density at radius 2 is 2.00 bits per heavy atom. The second-order valence-electron chi connectivity index (χ2n) is 4.90. The van der Waals surface area contributed by atoms with Crippen molar-refractivity contribution in [3.8, 4) is 5.75 Å². The van der Waals surface area contributed by atoms with Gasteiger partial charge in [0, 0.05) is 17.3 Å². The number of aryl methyl sites for hydroxylation is 1. The molecule has 21 heavy (non-hydrogen) atoms. The fraction of sp³-hybridized carbons (Fsp3) is 0.118. The number of rotatable bonds is 3. The number of aromatic amines is 1. The maximum atomic E-state index is 12.8. The number of H-pyrrole nitrogens is 1. The number of aromatic nitrogens is 1. The molecule has 3 nitrogen and oxygen atoms in total. The van der Waals surface area contributed by atoms with Crippen molar-refractivity contribution in [2.24, 2.45) is 0 Å². The number of ether oxygens (including phenoxy) is 1. The first-order valence-electron chi connectivity index (χ1n) is 6.56. The molecule has 1 N–H and O–H groups in total. The summed E-state index contributed by atoms with van der Waals surface area (Å²) in [6.07, 6.45) is 1.70. The highest BCUT2D eigenvalue weighted by Gasteiger charge is 2.19. The SMILES string of the molecule is COc1cccc2[nH]cc(C(=O)c3ccc(C)cc3Cl)c12. The number of carbonyl (C=O) groups is 1. The van der Waals surface area contributed by atoms with E-state index in [4.69, 9.17) is 16.3 Å². The van der Waals surface area contributed by atoms with E-state index in [1.807, 2.05) is 31.2 Å². The van der Waals surface area contributed by atoms with Gasteiger partial charge in [-0.1, -0.05) is 23.7 Å². The largest absolute Gasteiger partial charge is 0.496 e. The second-order valence-corrected chi connectivity index (χ2v) is 5.30. The molecule has 3 aromatic rings. The van der Waals surface area contributed by atoms with E-state index in [2.05, 4.69) is 4.98 Å². The van der Waals surface area contributed by atoms with Crippen LogP contribution in [0.2, 0.25) is 5.02 Å². The number of fused-ring (bicyclic) bond motifs is 1. The van der Waals surface area contributed by atoms with Crippen molar-refractivity contribution in [1.82, 2.24) is 4.98 Å². The number of hydrogen-bond acceptors (Lipinski definition) is 2. The molecule has 1 heterocycles. The molecule has 0 aliphatic carbocycles. The lowest BCUT2D eigenvalue weighted by Crippen LogP contribution is -2.02. The summed E-state index contributed by atoms with van der Waals surface area (Å²) in [6, 6.07) is 11.1. The van der Waals surface area contributed by atoms with E-state index < -0.39 is 0 Å². The molecule has 0 bridgehead atoms. The van der Waals surface area contributed by atoms with Gasteiger partial charge in [-0.2, -0.15) is 0 Å². The van der Waals surface area contributed by atoms with Gasteiger partial charge < -0.3 is 9.72 Å². The van der Waals surface area contributed by atoms with Crippen LogP contribution in [-0.4, -0.2) is 17.9 Å². The average molecular weight is 300 g/mol. The molecule has 0 radical (unpaired) electrons. The molecule has 0 spiro atoms. The highest BCUT2D eigenvalue weighted by molar-refractivity contribution is 6.35. The molecule has 0 aliphatic heterocycles. The second kappa shape index (κ2) is 5.26. The Hall–Kier alpha value is -2.26. The molecule has 0 saturated heterocycles. The van der Waals surface area contributed by atoms with Crippen LogP contribution in [0.4, 0.5) is 0 Å². The van der Waals surface area contributed by atoms with E-state index in [0.29, 0.717) is 21.9 Å². The number of ketones is 1. The standard InChI is InChI=1S/C17H14ClNO2/c1-10-6-7-11(13(18)8-10)17(20)12-9-19-14-4-3-5-15(21-2)16(12)14/h3-9,19H,1-2H3. The number of benzene rings is 2. The molecular formula is C17H14ClNO2. The lowest BCUT2D eigenvalue weighted by atomic mass is 10.0. The van der Waals surface area contributed by atoms with E-state index in [1.165, 1.54) is 0 Å². The summed E-state index contributed by atoms with van der Waals surface area (Å²) in [4.78, 5) is 15.9. The topological polar surface area (TPSA) is 42.1 Å². The van der Waals surface area contributed by atoms with Crippen LogP contribution in [0.3, 0.4) is 0 Å². The van der Waals surface area contributed by atoms with Gasteiger partial charge in [0.05, 0.1) is 23.1 Å². The van der Waals surface area contributed by atoms with Gasteiger partial charge in [-0.25, -0.2) is 0 Å². The lowest BCUT2D eigenvalue weighted by Gasteiger charge is -2.06. The van der Waals surface area contributed by atoms with Crippen LogP contribution >= 0.6 is 11.6 Å². The third-order valence-corrected chi connectivity index (χ3v) is 3.81. The van der Waals surface area contributed by atoms with Crippen molar-refractivity contribution in [3.63, 3.8) is 0 Å². The fourth-order valence-electron chi connectivity index (χ4n) is 2.45.